The smallest absolute Gasteiger partial charge is 0.157 e. The molecular formula is C17H27NO3. The molecule has 0 aliphatic heterocycles. The molecule has 0 aliphatic carbocycles. The van der Waals surface area contributed by atoms with Crippen molar-refractivity contribution < 1.29 is 14.3 Å². The number of nitrogens with one attached hydrogen (secondary N) is 1. The maximum Gasteiger partial charge on any atom is 0.157 e. The number of ether oxygens (including phenoxy) is 1. The van der Waals surface area contributed by atoms with Gasteiger partial charge >= 0.3 is 0 Å². The first-order valence-electron chi connectivity index (χ1n) is 7.43. The summed E-state index contributed by atoms with van der Waals surface area (Å²) in [7, 11) is 1.64. The molecule has 0 aromatic carbocycles. The van der Waals surface area contributed by atoms with E-state index in [-0.39, 0.29) is 11.6 Å². The molecule has 0 aliphatic rings. The Hall–Kier alpha value is -1.84. The minimum Gasteiger partial charge on any atom is -0.497 e. The Bertz CT molecular complexity index is 420. The lowest BCUT2D eigenvalue weighted by Gasteiger charge is -2.06. The van der Waals surface area contributed by atoms with Gasteiger partial charge in [0, 0.05) is 24.7 Å². The van der Waals surface area contributed by atoms with Crippen molar-refractivity contribution in [1.82, 2.24) is 5.32 Å². The van der Waals surface area contributed by atoms with Gasteiger partial charge in [0.1, 0.15) is 11.5 Å². The van der Waals surface area contributed by atoms with E-state index in [0.29, 0.717) is 19.3 Å². The Morgan fingerprint density at radius 1 is 1.19 bits per heavy atom. The van der Waals surface area contributed by atoms with E-state index < -0.39 is 0 Å². The summed E-state index contributed by atoms with van der Waals surface area (Å²) in [5.74, 6) is 0.953. The number of rotatable bonds is 11. The SMILES string of the molecule is CC/C=C(\C=C(/CC)N/C=C/C(=O)CCCC(C)=O)OC. The summed E-state index contributed by atoms with van der Waals surface area (Å²) < 4.78 is 5.25. The molecule has 0 spiro atoms. The Balaban J connectivity index is 4.35. The lowest BCUT2D eigenvalue weighted by molar-refractivity contribution is -0.117. The molecule has 1 N–H and O–H groups in total. The number of ketones is 2. The number of allylic oxidation sites excluding steroid dienone is 4. The number of hydrogen-bond donors (Lipinski definition) is 1. The predicted molar refractivity (Wildman–Crippen MR) is 85.6 cm³/mol. The fraction of sp³-hybridized carbons (Fsp3) is 0.529. The van der Waals surface area contributed by atoms with Crippen molar-refractivity contribution >= 4 is 11.6 Å². The van der Waals surface area contributed by atoms with Crippen LogP contribution in [0.2, 0.25) is 0 Å². The van der Waals surface area contributed by atoms with Crippen molar-refractivity contribution in [1.29, 1.82) is 0 Å². The molecule has 0 atom stereocenters. The molecule has 4 nitrogen and oxygen atoms in total. The van der Waals surface area contributed by atoms with Crippen molar-refractivity contribution in [3.8, 4) is 0 Å². The van der Waals surface area contributed by atoms with Gasteiger partial charge < -0.3 is 14.8 Å². The first-order valence-corrected chi connectivity index (χ1v) is 7.43. The highest BCUT2D eigenvalue weighted by atomic mass is 16.5. The van der Waals surface area contributed by atoms with Crippen molar-refractivity contribution in [2.45, 2.75) is 52.9 Å². The van der Waals surface area contributed by atoms with Gasteiger partial charge in [-0.1, -0.05) is 13.8 Å². The van der Waals surface area contributed by atoms with Gasteiger partial charge in [-0.25, -0.2) is 0 Å². The van der Waals surface area contributed by atoms with Crippen LogP contribution in [0.3, 0.4) is 0 Å². The molecule has 0 radical (unpaired) electrons. The second kappa shape index (κ2) is 11.9. The highest BCUT2D eigenvalue weighted by Crippen LogP contribution is 2.06. The van der Waals surface area contributed by atoms with Crippen molar-refractivity contribution in [2.24, 2.45) is 0 Å². The van der Waals surface area contributed by atoms with Gasteiger partial charge in [-0.15, -0.1) is 0 Å². The van der Waals surface area contributed by atoms with Crippen LogP contribution in [0.1, 0.15) is 52.9 Å². The van der Waals surface area contributed by atoms with E-state index in [0.717, 1.165) is 24.3 Å². The van der Waals surface area contributed by atoms with Gasteiger partial charge in [0.2, 0.25) is 0 Å². The minimum absolute atomic E-state index is 0.0234. The molecule has 118 valence electrons. The van der Waals surface area contributed by atoms with Crippen LogP contribution in [0.5, 0.6) is 0 Å². The average molecular weight is 293 g/mol. The van der Waals surface area contributed by atoms with Crippen molar-refractivity contribution in [2.75, 3.05) is 7.11 Å². The number of Topliss-reactive ketones (excluding diaryl/α,β-unsaturated/α-hetero) is 1. The second-order valence-electron chi connectivity index (χ2n) is 4.74. The van der Waals surface area contributed by atoms with E-state index in [4.69, 9.17) is 4.74 Å². The molecule has 0 fully saturated rings. The van der Waals surface area contributed by atoms with Crippen LogP contribution >= 0.6 is 0 Å². The fourth-order valence-corrected chi connectivity index (χ4v) is 1.66. The Morgan fingerprint density at radius 3 is 2.43 bits per heavy atom. The Labute approximate surface area is 127 Å². The maximum atomic E-state index is 11.6. The van der Waals surface area contributed by atoms with Crippen LogP contribution in [0.15, 0.2) is 35.9 Å². The summed E-state index contributed by atoms with van der Waals surface area (Å²) in [6.45, 7) is 5.61. The van der Waals surface area contributed by atoms with E-state index in [1.165, 1.54) is 13.0 Å². The molecule has 0 aromatic heterocycles. The maximum absolute atomic E-state index is 11.6. The van der Waals surface area contributed by atoms with Gasteiger partial charge in [-0.2, -0.15) is 0 Å². The second-order valence-corrected chi connectivity index (χ2v) is 4.74. The summed E-state index contributed by atoms with van der Waals surface area (Å²) >= 11 is 0. The van der Waals surface area contributed by atoms with Gasteiger partial charge in [-0.3, -0.25) is 4.79 Å². The zero-order chi connectivity index (χ0) is 16.1. The third kappa shape index (κ3) is 10.6. The third-order valence-electron chi connectivity index (χ3n) is 2.83. The fourth-order valence-electron chi connectivity index (χ4n) is 1.66. The molecule has 0 aromatic rings. The molecule has 21 heavy (non-hydrogen) atoms. The molecular weight excluding hydrogens is 266 g/mol. The predicted octanol–water partition coefficient (Wildman–Crippen LogP) is 3.65. The van der Waals surface area contributed by atoms with Crippen LogP contribution < -0.4 is 5.32 Å². The highest BCUT2D eigenvalue weighted by Gasteiger charge is 1.99. The van der Waals surface area contributed by atoms with Gasteiger partial charge in [0.15, 0.2) is 5.78 Å². The van der Waals surface area contributed by atoms with E-state index >= 15 is 0 Å². The first kappa shape index (κ1) is 19.2. The van der Waals surface area contributed by atoms with Crippen LogP contribution in [0.4, 0.5) is 0 Å². The third-order valence-corrected chi connectivity index (χ3v) is 2.83. The molecule has 0 amide bonds. The quantitative estimate of drug-likeness (QED) is 0.359. The normalized spacial score (nSPS) is 12.6. The molecule has 0 rings (SSSR count). The first-order chi connectivity index (χ1) is 10.0. The molecule has 0 bridgehead atoms. The number of carbonyl (C=O) groups is 2. The summed E-state index contributed by atoms with van der Waals surface area (Å²) in [6, 6.07) is 0. The van der Waals surface area contributed by atoms with E-state index in [2.05, 4.69) is 5.32 Å². The lowest BCUT2D eigenvalue weighted by atomic mass is 10.1. The monoisotopic (exact) mass is 293 g/mol. The van der Waals surface area contributed by atoms with Crippen molar-refractivity contribution in [3.63, 3.8) is 0 Å². The summed E-state index contributed by atoms with van der Waals surface area (Å²) in [6.07, 6.45) is 10.3. The number of methoxy groups -OCH3 is 1. The van der Waals surface area contributed by atoms with Crippen LogP contribution in [0, 0.1) is 0 Å². The largest absolute Gasteiger partial charge is 0.497 e. The highest BCUT2D eigenvalue weighted by molar-refractivity contribution is 5.89. The zero-order valence-electron chi connectivity index (χ0n) is 13.6. The molecule has 0 unspecified atom stereocenters. The van der Waals surface area contributed by atoms with E-state index in [9.17, 15) is 9.59 Å². The van der Waals surface area contributed by atoms with Gasteiger partial charge in [0.25, 0.3) is 0 Å². The van der Waals surface area contributed by atoms with Crippen molar-refractivity contribution in [3.05, 3.63) is 35.9 Å². The van der Waals surface area contributed by atoms with Gasteiger partial charge in [-0.05, 0) is 44.4 Å². The zero-order valence-corrected chi connectivity index (χ0v) is 13.6. The van der Waals surface area contributed by atoms with E-state index in [1.807, 2.05) is 26.0 Å². The van der Waals surface area contributed by atoms with Crippen LogP contribution in [-0.4, -0.2) is 18.7 Å². The summed E-state index contributed by atoms with van der Waals surface area (Å²) in [5, 5.41) is 3.09. The molecule has 0 saturated carbocycles. The number of hydrogen-bond acceptors (Lipinski definition) is 4. The van der Waals surface area contributed by atoms with E-state index in [1.54, 1.807) is 13.3 Å². The summed E-state index contributed by atoms with van der Waals surface area (Å²) in [5.41, 5.74) is 0.976. The lowest BCUT2D eigenvalue weighted by Crippen LogP contribution is -2.06. The molecule has 0 heterocycles. The minimum atomic E-state index is 0.0234. The Morgan fingerprint density at radius 2 is 1.90 bits per heavy atom. The molecule has 0 saturated heterocycles. The standard InChI is InChI=1S/C17H27NO3/c1-5-8-17(21-4)13-15(6-2)18-12-11-16(20)10-7-9-14(3)19/h8,11-13,18H,5-7,9-10H2,1-4H3/b12-11+,15-13+,17-8+. The Kier molecular flexibility index (Phi) is 10.9. The average Bonchev–Trinajstić information content (AvgIpc) is 2.44. The molecule has 4 heteroatoms. The summed E-state index contributed by atoms with van der Waals surface area (Å²) in [4.78, 5) is 22.4. The topological polar surface area (TPSA) is 55.4 Å². The van der Waals surface area contributed by atoms with Crippen LogP contribution in [-0.2, 0) is 14.3 Å². The van der Waals surface area contributed by atoms with Gasteiger partial charge in [0.05, 0.1) is 7.11 Å². The van der Waals surface area contributed by atoms with Crippen LogP contribution in [0.25, 0.3) is 0 Å². The number of carbonyl (C=O) groups excluding carboxylic acids is 2.